The summed E-state index contributed by atoms with van der Waals surface area (Å²) in [5.41, 5.74) is 0. The smallest absolute Gasteiger partial charge is 0.379 e. The molecule has 0 aromatic rings. The molecule has 22 heavy (non-hydrogen) atoms. The Hall–Kier alpha value is -0.290. The standard InChI is InChI=1S/C13H25F3N4O.HI/c1-17-12(19-6-4-13(14,15)16)18-5-2-3-7-20-8-10-21-11-9-20;/h2-11H2,1H3,(H2,17,18,19);1H. The van der Waals surface area contributed by atoms with E-state index in [4.69, 9.17) is 4.74 Å². The summed E-state index contributed by atoms with van der Waals surface area (Å²) in [5.74, 6) is 0.422. The Morgan fingerprint density at radius 2 is 1.77 bits per heavy atom. The minimum atomic E-state index is -4.13. The Morgan fingerprint density at radius 3 is 2.36 bits per heavy atom. The van der Waals surface area contributed by atoms with Gasteiger partial charge in [0.25, 0.3) is 0 Å². The van der Waals surface area contributed by atoms with Crippen molar-refractivity contribution in [3.63, 3.8) is 0 Å². The highest BCUT2D eigenvalue weighted by Gasteiger charge is 2.26. The first-order chi connectivity index (χ1) is 10.0. The van der Waals surface area contributed by atoms with Crippen LogP contribution in [-0.4, -0.2) is 70.0 Å². The van der Waals surface area contributed by atoms with Gasteiger partial charge in [-0.2, -0.15) is 13.2 Å². The van der Waals surface area contributed by atoms with Gasteiger partial charge in [0.15, 0.2) is 5.96 Å². The molecule has 0 radical (unpaired) electrons. The highest BCUT2D eigenvalue weighted by molar-refractivity contribution is 14.0. The predicted molar refractivity (Wildman–Crippen MR) is 91.9 cm³/mol. The Morgan fingerprint density at radius 1 is 1.14 bits per heavy atom. The Bertz CT molecular complexity index is 310. The van der Waals surface area contributed by atoms with E-state index in [9.17, 15) is 13.2 Å². The predicted octanol–water partition coefficient (Wildman–Crippen LogP) is 1.83. The molecular formula is C13H26F3IN4O. The van der Waals surface area contributed by atoms with Gasteiger partial charge < -0.3 is 15.4 Å². The van der Waals surface area contributed by atoms with Crippen LogP contribution in [0.15, 0.2) is 4.99 Å². The third kappa shape index (κ3) is 11.3. The number of ether oxygens (including phenoxy) is 1. The van der Waals surface area contributed by atoms with Crippen LogP contribution in [0.2, 0.25) is 0 Å². The number of alkyl halides is 3. The summed E-state index contributed by atoms with van der Waals surface area (Å²) in [4.78, 5) is 6.26. The number of hydrogen-bond donors (Lipinski definition) is 2. The molecule has 1 saturated heterocycles. The normalized spacial score (nSPS) is 17.0. The van der Waals surface area contributed by atoms with Crippen molar-refractivity contribution in [2.75, 3.05) is 53.0 Å². The van der Waals surface area contributed by atoms with E-state index in [1.165, 1.54) is 0 Å². The maximum atomic E-state index is 12.0. The van der Waals surface area contributed by atoms with Crippen molar-refractivity contribution in [1.29, 1.82) is 0 Å². The molecule has 2 N–H and O–H groups in total. The van der Waals surface area contributed by atoms with Crippen LogP contribution in [0, 0.1) is 0 Å². The fourth-order valence-electron chi connectivity index (χ4n) is 2.04. The third-order valence-corrected chi connectivity index (χ3v) is 3.22. The number of guanidine groups is 1. The number of halogens is 4. The Balaban J connectivity index is 0.00000441. The summed E-state index contributed by atoms with van der Waals surface area (Å²) in [6, 6.07) is 0. The van der Waals surface area contributed by atoms with Gasteiger partial charge in [0.05, 0.1) is 19.6 Å². The van der Waals surface area contributed by atoms with Crippen LogP contribution in [0.4, 0.5) is 13.2 Å². The van der Waals surface area contributed by atoms with Gasteiger partial charge in [0.2, 0.25) is 0 Å². The maximum absolute atomic E-state index is 12.0. The van der Waals surface area contributed by atoms with Gasteiger partial charge in [-0.1, -0.05) is 0 Å². The average Bonchev–Trinajstić information content (AvgIpc) is 2.45. The zero-order valence-electron chi connectivity index (χ0n) is 12.9. The van der Waals surface area contributed by atoms with E-state index >= 15 is 0 Å². The molecule has 5 nitrogen and oxygen atoms in total. The fraction of sp³-hybridized carbons (Fsp3) is 0.923. The number of nitrogens with one attached hydrogen (secondary N) is 2. The van der Waals surface area contributed by atoms with Crippen LogP contribution in [0.5, 0.6) is 0 Å². The second-order valence-corrected chi connectivity index (χ2v) is 4.95. The van der Waals surface area contributed by atoms with Crippen molar-refractivity contribution in [3.8, 4) is 0 Å². The topological polar surface area (TPSA) is 48.9 Å². The molecule has 132 valence electrons. The van der Waals surface area contributed by atoms with Gasteiger partial charge in [0, 0.05) is 33.2 Å². The van der Waals surface area contributed by atoms with Gasteiger partial charge in [-0.05, 0) is 19.4 Å². The Kier molecular flexibility index (Phi) is 12.0. The van der Waals surface area contributed by atoms with Crippen LogP contribution >= 0.6 is 24.0 Å². The second kappa shape index (κ2) is 12.2. The van der Waals surface area contributed by atoms with Crippen LogP contribution < -0.4 is 10.6 Å². The lowest BCUT2D eigenvalue weighted by molar-refractivity contribution is -0.132. The summed E-state index contributed by atoms with van der Waals surface area (Å²) in [7, 11) is 1.55. The minimum absolute atomic E-state index is 0. The molecule has 0 aromatic carbocycles. The van der Waals surface area contributed by atoms with Gasteiger partial charge in [-0.25, -0.2) is 0 Å². The summed E-state index contributed by atoms with van der Waals surface area (Å²) in [5, 5.41) is 5.68. The summed E-state index contributed by atoms with van der Waals surface area (Å²) in [6.07, 6.45) is -2.99. The number of morpholine rings is 1. The van der Waals surface area contributed by atoms with Gasteiger partial charge >= 0.3 is 6.18 Å². The molecule has 0 aliphatic carbocycles. The molecule has 1 aliphatic heterocycles. The third-order valence-electron chi connectivity index (χ3n) is 3.22. The van der Waals surface area contributed by atoms with Crippen molar-refractivity contribution < 1.29 is 17.9 Å². The van der Waals surface area contributed by atoms with Crippen LogP contribution in [-0.2, 0) is 4.74 Å². The van der Waals surface area contributed by atoms with Crippen LogP contribution in [0.3, 0.4) is 0 Å². The maximum Gasteiger partial charge on any atom is 0.390 e. The van der Waals surface area contributed by atoms with E-state index in [1.807, 2.05) is 0 Å². The lowest BCUT2D eigenvalue weighted by Crippen LogP contribution is -2.40. The molecule has 0 atom stereocenters. The SMILES string of the molecule is CN=C(NCCCCN1CCOCC1)NCCC(F)(F)F.I. The molecule has 1 heterocycles. The molecule has 9 heteroatoms. The van der Waals surface area contributed by atoms with Crippen molar-refractivity contribution in [3.05, 3.63) is 0 Å². The van der Waals surface area contributed by atoms with Crippen LogP contribution in [0.25, 0.3) is 0 Å². The average molecular weight is 438 g/mol. The van der Waals surface area contributed by atoms with Crippen molar-refractivity contribution in [1.82, 2.24) is 15.5 Å². The fourth-order valence-corrected chi connectivity index (χ4v) is 2.04. The molecule has 0 spiro atoms. The quantitative estimate of drug-likeness (QED) is 0.276. The van der Waals surface area contributed by atoms with Gasteiger partial charge in [-0.15, -0.1) is 24.0 Å². The molecule has 1 rings (SSSR count). The number of nitrogens with zero attached hydrogens (tertiary/aromatic N) is 2. The lowest BCUT2D eigenvalue weighted by atomic mass is 10.3. The number of aliphatic imine (C=N–C) groups is 1. The Labute approximate surface area is 147 Å². The summed E-state index contributed by atoms with van der Waals surface area (Å²) < 4.78 is 41.4. The number of unbranched alkanes of at least 4 members (excludes halogenated alkanes) is 1. The molecule has 0 amide bonds. The van der Waals surface area contributed by atoms with Gasteiger partial charge in [-0.3, -0.25) is 9.89 Å². The van der Waals surface area contributed by atoms with E-state index < -0.39 is 12.6 Å². The molecule has 1 aliphatic rings. The molecule has 0 bridgehead atoms. The lowest BCUT2D eigenvalue weighted by Gasteiger charge is -2.26. The summed E-state index contributed by atoms with van der Waals surface area (Å²) in [6.45, 7) is 5.14. The highest BCUT2D eigenvalue weighted by atomic mass is 127. The molecule has 1 fully saturated rings. The van der Waals surface area contributed by atoms with E-state index in [0.717, 1.165) is 45.7 Å². The van der Waals surface area contributed by atoms with E-state index in [2.05, 4.69) is 20.5 Å². The van der Waals surface area contributed by atoms with E-state index in [1.54, 1.807) is 7.05 Å². The minimum Gasteiger partial charge on any atom is -0.379 e. The zero-order valence-corrected chi connectivity index (χ0v) is 15.2. The summed E-state index contributed by atoms with van der Waals surface area (Å²) >= 11 is 0. The molecule has 0 aromatic heterocycles. The molecule has 0 saturated carbocycles. The van der Waals surface area contributed by atoms with Crippen LogP contribution in [0.1, 0.15) is 19.3 Å². The largest absolute Gasteiger partial charge is 0.390 e. The molecule has 0 unspecified atom stereocenters. The van der Waals surface area contributed by atoms with Crippen molar-refractivity contribution in [2.45, 2.75) is 25.4 Å². The van der Waals surface area contributed by atoms with Gasteiger partial charge in [0.1, 0.15) is 0 Å². The monoisotopic (exact) mass is 438 g/mol. The van der Waals surface area contributed by atoms with Crippen molar-refractivity contribution >= 4 is 29.9 Å². The number of rotatable bonds is 7. The first-order valence-electron chi connectivity index (χ1n) is 7.32. The first kappa shape index (κ1) is 21.7. The second-order valence-electron chi connectivity index (χ2n) is 4.95. The highest BCUT2D eigenvalue weighted by Crippen LogP contribution is 2.17. The molecular weight excluding hydrogens is 412 g/mol. The van der Waals surface area contributed by atoms with E-state index in [0.29, 0.717) is 12.5 Å². The zero-order chi connectivity index (χ0) is 15.6. The van der Waals surface area contributed by atoms with Crippen molar-refractivity contribution in [2.24, 2.45) is 4.99 Å². The number of hydrogen-bond acceptors (Lipinski definition) is 3. The first-order valence-corrected chi connectivity index (χ1v) is 7.32. The van der Waals surface area contributed by atoms with E-state index in [-0.39, 0.29) is 30.5 Å².